The van der Waals surface area contributed by atoms with E-state index in [0.29, 0.717) is 22.5 Å². The van der Waals surface area contributed by atoms with E-state index in [2.05, 4.69) is 9.97 Å². The van der Waals surface area contributed by atoms with E-state index >= 15 is 0 Å². The summed E-state index contributed by atoms with van der Waals surface area (Å²) >= 11 is 0. The number of ether oxygens (including phenoxy) is 1. The zero-order valence-corrected chi connectivity index (χ0v) is 18.3. The monoisotopic (exact) mass is 374 g/mol. The van der Waals surface area contributed by atoms with Crippen LogP contribution in [0, 0.1) is 13.8 Å². The van der Waals surface area contributed by atoms with Crippen LogP contribution in [0.3, 0.4) is 0 Å². The van der Waals surface area contributed by atoms with Crippen molar-refractivity contribution >= 4 is 21.9 Å². The third-order valence-corrected chi connectivity index (χ3v) is 4.61. The molecular weight excluding hydrogens is 357 g/mol. The van der Waals surface area contributed by atoms with Gasteiger partial charge in [-0.2, -0.15) is 0 Å². The van der Waals surface area contributed by atoms with E-state index < -0.39 is 5.69 Å². The van der Waals surface area contributed by atoms with Crippen molar-refractivity contribution in [2.24, 2.45) is 0 Å². The number of nitrogens with zero attached hydrogens (tertiary/aromatic N) is 1. The summed E-state index contributed by atoms with van der Waals surface area (Å²) in [7, 11) is 1.57. The molecule has 0 aliphatic heterocycles. The number of nitrogens with one attached hydrogen (secondary N) is 2. The Morgan fingerprint density at radius 2 is 1.69 bits per heavy atom. The summed E-state index contributed by atoms with van der Waals surface area (Å²) in [6.45, 7) is 3.94. The molecule has 126 valence electrons. The number of aromatic nitrogens is 3. The summed E-state index contributed by atoms with van der Waals surface area (Å²) in [6, 6.07) is 10.9. The molecule has 0 radical (unpaired) electrons. The molecule has 2 aromatic heterocycles. The standard InChI is InChI=1S/C19H17N3O3.K/c1-10-4-5-12(8-11(10)2)22-18(23)17-16(21-19(22)24)14-9-13(25-3)6-7-15(14)20-17;/h4-9,20H,1-3H3,(H,21,24);/q;+1. The first-order valence-corrected chi connectivity index (χ1v) is 7.92. The third kappa shape index (κ3) is 2.99. The molecule has 0 atom stereocenters. The second kappa shape index (κ2) is 7.17. The van der Waals surface area contributed by atoms with E-state index in [1.807, 2.05) is 32.0 Å². The topological polar surface area (TPSA) is 79.9 Å². The van der Waals surface area contributed by atoms with Crippen molar-refractivity contribution in [3.8, 4) is 11.4 Å². The van der Waals surface area contributed by atoms with E-state index in [4.69, 9.17) is 4.74 Å². The first-order valence-electron chi connectivity index (χ1n) is 7.92. The zero-order valence-electron chi connectivity index (χ0n) is 15.1. The fourth-order valence-electron chi connectivity index (χ4n) is 3.05. The summed E-state index contributed by atoms with van der Waals surface area (Å²) < 4.78 is 6.38. The largest absolute Gasteiger partial charge is 1.00 e. The molecule has 0 fully saturated rings. The van der Waals surface area contributed by atoms with Gasteiger partial charge in [-0.3, -0.25) is 4.79 Å². The van der Waals surface area contributed by atoms with Gasteiger partial charge in [0.2, 0.25) is 0 Å². The van der Waals surface area contributed by atoms with Gasteiger partial charge in [-0.15, -0.1) is 0 Å². The summed E-state index contributed by atoms with van der Waals surface area (Å²) in [5.74, 6) is 0.660. The maximum Gasteiger partial charge on any atom is 1.00 e. The van der Waals surface area contributed by atoms with Gasteiger partial charge in [0.1, 0.15) is 11.3 Å². The van der Waals surface area contributed by atoms with E-state index in [-0.39, 0.29) is 56.9 Å². The van der Waals surface area contributed by atoms with Gasteiger partial charge in [-0.25, -0.2) is 9.36 Å². The molecule has 6 nitrogen and oxygen atoms in total. The van der Waals surface area contributed by atoms with Gasteiger partial charge in [-0.1, -0.05) is 6.07 Å². The predicted octanol–water partition coefficient (Wildman–Crippen LogP) is -0.210. The van der Waals surface area contributed by atoms with Crippen LogP contribution in [0.2, 0.25) is 0 Å². The SMILES string of the molecule is COc1ccc2[nH]c3c(=O)n(-c4ccc(C)c(C)c4)c(=O)[nH]c3c2c1.[K+]. The van der Waals surface area contributed by atoms with E-state index in [1.165, 1.54) is 0 Å². The molecule has 2 aromatic carbocycles. The minimum Gasteiger partial charge on any atom is -0.497 e. The molecule has 4 rings (SSSR count). The Morgan fingerprint density at radius 1 is 0.923 bits per heavy atom. The fourth-order valence-corrected chi connectivity index (χ4v) is 3.05. The summed E-state index contributed by atoms with van der Waals surface area (Å²) in [6.07, 6.45) is 0. The van der Waals surface area contributed by atoms with Crippen molar-refractivity contribution in [1.29, 1.82) is 0 Å². The molecule has 0 spiro atoms. The number of aromatic amines is 2. The minimum absolute atomic E-state index is 0. The van der Waals surface area contributed by atoms with Crippen molar-refractivity contribution < 1.29 is 56.1 Å². The third-order valence-electron chi connectivity index (χ3n) is 4.61. The molecule has 0 aliphatic rings. The molecule has 4 aromatic rings. The molecule has 2 N–H and O–H groups in total. The molecule has 0 saturated carbocycles. The predicted molar refractivity (Wildman–Crippen MR) is 98.0 cm³/mol. The number of methoxy groups -OCH3 is 1. The number of aryl methyl sites for hydroxylation is 2. The Balaban J connectivity index is 0.00000196. The van der Waals surface area contributed by atoms with Crippen molar-refractivity contribution in [3.63, 3.8) is 0 Å². The van der Waals surface area contributed by atoms with Crippen LogP contribution in [-0.2, 0) is 0 Å². The number of hydrogen-bond donors (Lipinski definition) is 2. The smallest absolute Gasteiger partial charge is 0.497 e. The van der Waals surface area contributed by atoms with Gasteiger partial charge in [0.25, 0.3) is 5.56 Å². The zero-order chi connectivity index (χ0) is 17.7. The number of hydrogen-bond acceptors (Lipinski definition) is 3. The molecular formula is C19H17KN3O3+. The minimum atomic E-state index is -0.468. The second-order valence-corrected chi connectivity index (χ2v) is 6.13. The fraction of sp³-hybridized carbons (Fsp3) is 0.158. The van der Waals surface area contributed by atoms with Crippen LogP contribution in [0.1, 0.15) is 11.1 Å². The van der Waals surface area contributed by atoms with Crippen LogP contribution in [0.5, 0.6) is 5.75 Å². The van der Waals surface area contributed by atoms with Crippen LogP contribution in [0.4, 0.5) is 0 Å². The van der Waals surface area contributed by atoms with Gasteiger partial charge in [0, 0.05) is 10.9 Å². The molecule has 2 heterocycles. The van der Waals surface area contributed by atoms with E-state index in [9.17, 15) is 9.59 Å². The quantitative estimate of drug-likeness (QED) is 0.477. The Labute approximate surface area is 191 Å². The van der Waals surface area contributed by atoms with Gasteiger partial charge in [0.15, 0.2) is 0 Å². The maximum atomic E-state index is 13.0. The molecule has 26 heavy (non-hydrogen) atoms. The first kappa shape index (κ1) is 19.1. The second-order valence-electron chi connectivity index (χ2n) is 6.13. The van der Waals surface area contributed by atoms with Crippen molar-refractivity contribution in [1.82, 2.24) is 14.5 Å². The average Bonchev–Trinajstić information content (AvgIpc) is 2.96. The van der Waals surface area contributed by atoms with Gasteiger partial charge in [-0.05, 0) is 55.3 Å². The number of fused-ring (bicyclic) bond motifs is 3. The van der Waals surface area contributed by atoms with Crippen LogP contribution < -0.4 is 67.4 Å². The van der Waals surface area contributed by atoms with Crippen LogP contribution in [0.25, 0.3) is 27.6 Å². The molecule has 7 heteroatoms. The Kier molecular flexibility index (Phi) is 5.27. The Hall–Kier alpha value is -1.64. The van der Waals surface area contributed by atoms with Crippen molar-refractivity contribution in [2.75, 3.05) is 7.11 Å². The summed E-state index contributed by atoms with van der Waals surface area (Å²) in [5, 5.41) is 0.746. The van der Waals surface area contributed by atoms with Gasteiger partial charge >= 0.3 is 57.1 Å². The first-order chi connectivity index (χ1) is 12.0. The maximum absolute atomic E-state index is 13.0. The summed E-state index contributed by atoms with van der Waals surface area (Å²) in [5.41, 5.74) is 3.44. The molecule has 0 unspecified atom stereocenters. The number of benzene rings is 2. The van der Waals surface area contributed by atoms with Crippen LogP contribution in [0.15, 0.2) is 46.0 Å². The van der Waals surface area contributed by atoms with Crippen molar-refractivity contribution in [3.05, 3.63) is 68.4 Å². The molecule has 0 saturated heterocycles. The average molecular weight is 374 g/mol. The Morgan fingerprint density at radius 3 is 2.38 bits per heavy atom. The number of H-pyrrole nitrogens is 2. The Bertz CT molecular complexity index is 1250. The van der Waals surface area contributed by atoms with Crippen molar-refractivity contribution in [2.45, 2.75) is 13.8 Å². The summed E-state index contributed by atoms with van der Waals surface area (Å²) in [4.78, 5) is 31.5. The molecule has 0 aliphatic carbocycles. The molecule has 0 amide bonds. The van der Waals surface area contributed by atoms with Gasteiger partial charge < -0.3 is 14.7 Å². The van der Waals surface area contributed by atoms with Gasteiger partial charge in [0.05, 0.1) is 18.3 Å². The van der Waals surface area contributed by atoms with Crippen LogP contribution in [-0.4, -0.2) is 21.6 Å². The molecule has 0 bridgehead atoms. The number of rotatable bonds is 2. The van der Waals surface area contributed by atoms with E-state index in [0.717, 1.165) is 26.6 Å². The normalized spacial score (nSPS) is 10.9. The van der Waals surface area contributed by atoms with E-state index in [1.54, 1.807) is 25.3 Å². The van der Waals surface area contributed by atoms with Crippen LogP contribution >= 0.6 is 0 Å².